The van der Waals surface area contributed by atoms with E-state index in [0.29, 0.717) is 0 Å². The third-order valence-electron chi connectivity index (χ3n) is 3.80. The first kappa shape index (κ1) is 19.2. The monoisotopic (exact) mass is 416 g/mol. The van der Waals surface area contributed by atoms with Crippen molar-refractivity contribution in [2.45, 2.75) is 32.9 Å². The largest absolute Gasteiger partial charge is 0.357 e. The van der Waals surface area contributed by atoms with Gasteiger partial charge >= 0.3 is 0 Å². The topological polar surface area (TPSA) is 30.9 Å². The van der Waals surface area contributed by atoms with Gasteiger partial charge in [-0.25, -0.2) is 4.99 Å². The summed E-state index contributed by atoms with van der Waals surface area (Å²) in [4.78, 5) is 9.19. The second-order valence-corrected chi connectivity index (χ2v) is 5.86. The van der Waals surface area contributed by atoms with Gasteiger partial charge in [0.1, 0.15) is 0 Å². The maximum absolute atomic E-state index is 4.64. The highest BCUT2D eigenvalue weighted by Crippen LogP contribution is 2.13. The minimum Gasteiger partial charge on any atom is -0.357 e. The molecular weight excluding hydrogens is 387 g/mol. The lowest BCUT2D eigenvalue weighted by atomic mass is 10.1. The van der Waals surface area contributed by atoms with Crippen LogP contribution >= 0.6 is 24.0 Å². The Morgan fingerprint density at radius 2 is 1.73 bits per heavy atom. The summed E-state index contributed by atoms with van der Waals surface area (Å²) in [7, 11) is 4.03. The second kappa shape index (κ2) is 10.0. The number of aliphatic imine (C=N–C) groups is 1. The first-order valence-corrected chi connectivity index (χ1v) is 7.95. The molecule has 1 aromatic carbocycles. The third kappa shape index (κ3) is 6.12. The Labute approximate surface area is 152 Å². The Bertz CT molecular complexity index is 450. The number of nitrogens with one attached hydrogen (secondary N) is 1. The van der Waals surface area contributed by atoms with Gasteiger partial charge in [-0.3, -0.25) is 4.90 Å². The van der Waals surface area contributed by atoms with E-state index in [1.807, 2.05) is 19.0 Å². The summed E-state index contributed by atoms with van der Waals surface area (Å²) in [5.74, 6) is 0.943. The highest BCUT2D eigenvalue weighted by atomic mass is 127. The van der Waals surface area contributed by atoms with Gasteiger partial charge in [0.15, 0.2) is 5.96 Å². The Morgan fingerprint density at radius 3 is 2.27 bits per heavy atom. The van der Waals surface area contributed by atoms with Gasteiger partial charge in [0.25, 0.3) is 0 Å². The minimum absolute atomic E-state index is 0. The van der Waals surface area contributed by atoms with Crippen LogP contribution in [0.25, 0.3) is 0 Å². The fraction of sp³-hybridized carbons (Fsp3) is 0.588. The highest BCUT2D eigenvalue weighted by Gasteiger charge is 2.11. The zero-order valence-electron chi connectivity index (χ0n) is 14.0. The van der Waals surface area contributed by atoms with Gasteiger partial charge in [0.05, 0.1) is 6.54 Å². The average Bonchev–Trinajstić information content (AvgIpc) is 2.97. The van der Waals surface area contributed by atoms with E-state index in [9.17, 15) is 0 Å². The van der Waals surface area contributed by atoms with Crippen LogP contribution in [0.5, 0.6) is 0 Å². The lowest BCUT2D eigenvalue weighted by molar-refractivity contribution is 0.331. The van der Waals surface area contributed by atoms with Crippen LogP contribution in [0.4, 0.5) is 0 Å². The molecule has 0 atom stereocenters. The molecule has 0 amide bonds. The third-order valence-corrected chi connectivity index (χ3v) is 3.80. The summed E-state index contributed by atoms with van der Waals surface area (Å²) in [6.07, 6.45) is 2.70. The Kier molecular flexibility index (Phi) is 8.78. The van der Waals surface area contributed by atoms with Gasteiger partial charge in [-0.05, 0) is 44.0 Å². The number of nitrogens with zero attached hydrogens (tertiary/aromatic N) is 3. The molecule has 1 aliphatic rings. The van der Waals surface area contributed by atoms with Crippen molar-refractivity contribution in [3.8, 4) is 0 Å². The predicted molar refractivity (Wildman–Crippen MR) is 105 cm³/mol. The van der Waals surface area contributed by atoms with E-state index < -0.39 is 0 Å². The first-order chi connectivity index (χ1) is 10.2. The molecule has 1 heterocycles. The van der Waals surface area contributed by atoms with Crippen LogP contribution in [0.15, 0.2) is 29.3 Å². The number of rotatable bonds is 5. The fourth-order valence-electron chi connectivity index (χ4n) is 2.63. The molecule has 1 aromatic rings. The van der Waals surface area contributed by atoms with Gasteiger partial charge in [-0.1, -0.05) is 24.3 Å². The fourth-order valence-corrected chi connectivity index (χ4v) is 2.63. The van der Waals surface area contributed by atoms with Crippen LogP contribution in [0.3, 0.4) is 0 Å². The lowest BCUT2D eigenvalue weighted by Gasteiger charge is -2.16. The predicted octanol–water partition coefficient (Wildman–Crippen LogP) is 2.93. The SMILES string of the molecule is CCNC(=NCc1ccc(CN2CCCC2)cc1)N(C)C.I. The number of hydrogen-bond acceptors (Lipinski definition) is 2. The molecule has 1 N–H and O–H groups in total. The summed E-state index contributed by atoms with van der Waals surface area (Å²) in [6, 6.07) is 8.89. The molecule has 4 nitrogen and oxygen atoms in total. The van der Waals surface area contributed by atoms with Crippen LogP contribution < -0.4 is 5.32 Å². The van der Waals surface area contributed by atoms with Crippen LogP contribution in [0, 0.1) is 0 Å². The molecule has 22 heavy (non-hydrogen) atoms. The molecule has 2 rings (SSSR count). The van der Waals surface area contributed by atoms with Crippen molar-refractivity contribution in [1.29, 1.82) is 0 Å². The van der Waals surface area contributed by atoms with Crippen molar-refractivity contribution in [1.82, 2.24) is 15.1 Å². The molecular formula is C17H29IN4. The molecule has 0 aliphatic carbocycles. The molecule has 1 fully saturated rings. The standard InChI is InChI=1S/C17H28N4.HI/c1-4-18-17(20(2)3)19-13-15-7-9-16(10-8-15)14-21-11-5-6-12-21;/h7-10H,4-6,11-14H2,1-3H3,(H,18,19);1H. The van der Waals surface area contributed by atoms with Gasteiger partial charge in [-0.15, -0.1) is 24.0 Å². The molecule has 0 spiro atoms. The van der Waals surface area contributed by atoms with Crippen LogP contribution in [0.1, 0.15) is 30.9 Å². The molecule has 0 saturated carbocycles. The zero-order chi connectivity index (χ0) is 15.1. The summed E-state index contributed by atoms with van der Waals surface area (Å²) < 4.78 is 0. The van der Waals surface area contributed by atoms with Crippen molar-refractivity contribution in [2.75, 3.05) is 33.7 Å². The number of benzene rings is 1. The van der Waals surface area contributed by atoms with Gasteiger partial charge in [0.2, 0.25) is 0 Å². The summed E-state index contributed by atoms with van der Waals surface area (Å²) >= 11 is 0. The molecule has 1 saturated heterocycles. The average molecular weight is 416 g/mol. The number of halogens is 1. The molecule has 0 aromatic heterocycles. The second-order valence-electron chi connectivity index (χ2n) is 5.86. The normalized spacial score (nSPS) is 15.5. The van der Waals surface area contributed by atoms with Crippen molar-refractivity contribution in [3.63, 3.8) is 0 Å². The Hall–Kier alpha value is -0.820. The van der Waals surface area contributed by atoms with E-state index in [1.165, 1.54) is 37.1 Å². The smallest absolute Gasteiger partial charge is 0.193 e. The molecule has 1 aliphatic heterocycles. The number of guanidine groups is 1. The van der Waals surface area contributed by atoms with E-state index in [-0.39, 0.29) is 24.0 Å². The maximum Gasteiger partial charge on any atom is 0.193 e. The zero-order valence-corrected chi connectivity index (χ0v) is 16.3. The number of hydrogen-bond donors (Lipinski definition) is 1. The first-order valence-electron chi connectivity index (χ1n) is 7.95. The van der Waals surface area contributed by atoms with Gasteiger partial charge in [0, 0.05) is 27.2 Å². The summed E-state index contributed by atoms with van der Waals surface area (Å²) in [6.45, 7) is 7.30. The Balaban J connectivity index is 0.00000242. The Morgan fingerprint density at radius 1 is 1.14 bits per heavy atom. The van der Waals surface area contributed by atoms with Crippen molar-refractivity contribution >= 4 is 29.9 Å². The minimum atomic E-state index is 0. The summed E-state index contributed by atoms with van der Waals surface area (Å²) in [5.41, 5.74) is 2.67. The maximum atomic E-state index is 4.64. The van der Waals surface area contributed by atoms with Gasteiger partial charge < -0.3 is 10.2 Å². The van der Waals surface area contributed by atoms with Crippen molar-refractivity contribution in [3.05, 3.63) is 35.4 Å². The van der Waals surface area contributed by atoms with E-state index >= 15 is 0 Å². The molecule has 0 unspecified atom stereocenters. The highest BCUT2D eigenvalue weighted by molar-refractivity contribution is 14.0. The van der Waals surface area contributed by atoms with Crippen molar-refractivity contribution < 1.29 is 0 Å². The van der Waals surface area contributed by atoms with Crippen LogP contribution in [0.2, 0.25) is 0 Å². The van der Waals surface area contributed by atoms with E-state index in [4.69, 9.17) is 0 Å². The lowest BCUT2D eigenvalue weighted by Crippen LogP contribution is -2.36. The molecule has 5 heteroatoms. The van der Waals surface area contributed by atoms with Gasteiger partial charge in [-0.2, -0.15) is 0 Å². The van der Waals surface area contributed by atoms with E-state index in [0.717, 1.165) is 25.6 Å². The van der Waals surface area contributed by atoms with Crippen molar-refractivity contribution in [2.24, 2.45) is 4.99 Å². The van der Waals surface area contributed by atoms with Crippen LogP contribution in [-0.2, 0) is 13.1 Å². The van der Waals surface area contributed by atoms with E-state index in [1.54, 1.807) is 0 Å². The number of likely N-dealkylation sites (tertiary alicyclic amines) is 1. The quantitative estimate of drug-likeness (QED) is 0.455. The summed E-state index contributed by atoms with van der Waals surface area (Å²) in [5, 5.41) is 3.28. The van der Waals surface area contributed by atoms with Crippen LogP contribution in [-0.4, -0.2) is 49.5 Å². The molecule has 0 radical (unpaired) electrons. The molecule has 124 valence electrons. The molecule has 0 bridgehead atoms. The van der Waals surface area contributed by atoms with E-state index in [2.05, 4.69) is 46.4 Å².